The summed E-state index contributed by atoms with van der Waals surface area (Å²) in [6.45, 7) is 0.617. The van der Waals surface area contributed by atoms with E-state index >= 15 is 0 Å². The van der Waals surface area contributed by atoms with Crippen molar-refractivity contribution in [2.75, 3.05) is 13.2 Å². The first-order valence-electron chi connectivity index (χ1n) is 8.13. The molecular weight excluding hydrogens is 330 g/mol. The maximum atomic E-state index is 11.7. The Labute approximate surface area is 147 Å². The smallest absolute Gasteiger partial charge is 0.258 e. The first-order chi connectivity index (χ1) is 11.0. The molecule has 0 heterocycles. The van der Waals surface area contributed by atoms with Gasteiger partial charge in [-0.3, -0.25) is 9.59 Å². The van der Waals surface area contributed by atoms with Crippen LogP contribution < -0.4 is 21.1 Å². The van der Waals surface area contributed by atoms with Crippen LogP contribution in [0, 0.1) is 0 Å². The van der Waals surface area contributed by atoms with E-state index in [4.69, 9.17) is 10.5 Å². The van der Waals surface area contributed by atoms with Gasteiger partial charge in [0.15, 0.2) is 6.61 Å². The Morgan fingerprint density at radius 1 is 1.21 bits per heavy atom. The molecule has 2 aliphatic carbocycles. The molecule has 132 valence electrons. The van der Waals surface area contributed by atoms with E-state index in [-0.39, 0.29) is 30.8 Å². The van der Waals surface area contributed by atoms with Gasteiger partial charge in [-0.1, -0.05) is 12.1 Å². The van der Waals surface area contributed by atoms with E-state index in [2.05, 4.69) is 10.6 Å². The molecule has 1 aromatic rings. The number of carbonyl (C=O) groups excluding carboxylic acids is 2. The van der Waals surface area contributed by atoms with E-state index in [0.717, 1.165) is 37.7 Å². The van der Waals surface area contributed by atoms with Gasteiger partial charge in [-0.05, 0) is 49.8 Å². The second-order valence-corrected chi connectivity index (χ2v) is 6.44. The number of halogens is 1. The molecule has 6 nitrogen and oxygen atoms in total. The van der Waals surface area contributed by atoms with Gasteiger partial charge >= 0.3 is 0 Å². The SMILES string of the molecule is Cl.NC1(C(=O)NCCc2ccc(OCC(=O)NC3CC3)cc2)CC1. The van der Waals surface area contributed by atoms with Gasteiger partial charge in [-0.25, -0.2) is 0 Å². The molecule has 0 bridgehead atoms. The van der Waals surface area contributed by atoms with Crippen molar-refractivity contribution in [3.8, 4) is 5.75 Å². The number of nitrogens with one attached hydrogen (secondary N) is 2. The molecule has 4 N–H and O–H groups in total. The summed E-state index contributed by atoms with van der Waals surface area (Å²) in [5, 5.41) is 5.74. The summed E-state index contributed by atoms with van der Waals surface area (Å²) in [5.74, 6) is 0.539. The number of amides is 2. The van der Waals surface area contributed by atoms with E-state index in [1.165, 1.54) is 0 Å². The van der Waals surface area contributed by atoms with E-state index in [1.807, 2.05) is 24.3 Å². The minimum Gasteiger partial charge on any atom is -0.484 e. The lowest BCUT2D eigenvalue weighted by Gasteiger charge is -2.10. The molecule has 2 fully saturated rings. The molecule has 7 heteroatoms. The summed E-state index contributed by atoms with van der Waals surface area (Å²) in [6, 6.07) is 7.91. The number of hydrogen-bond donors (Lipinski definition) is 3. The molecular formula is C17H24ClN3O3. The predicted molar refractivity (Wildman–Crippen MR) is 93.2 cm³/mol. The third kappa shape index (κ3) is 5.39. The topological polar surface area (TPSA) is 93.5 Å². The lowest BCUT2D eigenvalue weighted by atomic mass is 10.1. The minimum absolute atomic E-state index is 0. The zero-order chi connectivity index (χ0) is 16.3. The third-order valence-corrected chi connectivity index (χ3v) is 4.18. The van der Waals surface area contributed by atoms with Crippen molar-refractivity contribution in [3.05, 3.63) is 29.8 Å². The fourth-order valence-corrected chi connectivity index (χ4v) is 2.26. The first-order valence-corrected chi connectivity index (χ1v) is 8.13. The van der Waals surface area contributed by atoms with Crippen molar-refractivity contribution in [2.45, 2.75) is 43.7 Å². The van der Waals surface area contributed by atoms with Crippen molar-refractivity contribution >= 4 is 24.2 Å². The van der Waals surface area contributed by atoms with Crippen LogP contribution in [0.25, 0.3) is 0 Å². The highest BCUT2D eigenvalue weighted by molar-refractivity contribution is 5.88. The highest BCUT2D eigenvalue weighted by atomic mass is 35.5. The van der Waals surface area contributed by atoms with Gasteiger partial charge in [0.05, 0.1) is 5.54 Å². The molecule has 2 amide bonds. The van der Waals surface area contributed by atoms with Crippen molar-refractivity contribution in [1.29, 1.82) is 0 Å². The van der Waals surface area contributed by atoms with Gasteiger partial charge in [0.1, 0.15) is 5.75 Å². The van der Waals surface area contributed by atoms with Crippen LogP contribution in [0.2, 0.25) is 0 Å². The van der Waals surface area contributed by atoms with Gasteiger partial charge in [0, 0.05) is 12.6 Å². The number of nitrogens with two attached hydrogens (primary N) is 1. The maximum Gasteiger partial charge on any atom is 0.258 e. The van der Waals surface area contributed by atoms with Crippen molar-refractivity contribution in [2.24, 2.45) is 5.73 Å². The fourth-order valence-electron chi connectivity index (χ4n) is 2.26. The van der Waals surface area contributed by atoms with Gasteiger partial charge in [-0.2, -0.15) is 0 Å². The van der Waals surface area contributed by atoms with Crippen LogP contribution in [0.5, 0.6) is 5.75 Å². The van der Waals surface area contributed by atoms with Crippen LogP contribution in [-0.2, 0) is 16.0 Å². The summed E-state index contributed by atoms with van der Waals surface area (Å²) in [7, 11) is 0. The molecule has 1 aromatic carbocycles. The maximum absolute atomic E-state index is 11.7. The Balaban J connectivity index is 0.00000208. The van der Waals surface area contributed by atoms with Crippen LogP contribution in [-0.4, -0.2) is 36.5 Å². The fraction of sp³-hybridized carbons (Fsp3) is 0.529. The summed E-state index contributed by atoms with van der Waals surface area (Å²) in [4.78, 5) is 23.2. The van der Waals surface area contributed by atoms with Gasteiger partial charge in [0.25, 0.3) is 5.91 Å². The van der Waals surface area contributed by atoms with E-state index in [1.54, 1.807) is 0 Å². The van der Waals surface area contributed by atoms with Gasteiger partial charge in [0.2, 0.25) is 5.91 Å². The van der Waals surface area contributed by atoms with Crippen LogP contribution in [0.4, 0.5) is 0 Å². The predicted octanol–water partition coefficient (Wildman–Crippen LogP) is 0.916. The summed E-state index contributed by atoms with van der Waals surface area (Å²) in [6.07, 6.45) is 4.44. The standard InChI is InChI=1S/C17H23N3O3.ClH/c18-17(8-9-17)16(22)19-10-7-12-1-5-14(6-2-12)23-11-15(21)20-13-3-4-13;/h1-2,5-6,13H,3-4,7-11,18H2,(H,19,22)(H,20,21);1H. The van der Waals surface area contributed by atoms with Crippen LogP contribution >= 0.6 is 12.4 Å². The molecule has 0 aromatic heterocycles. The monoisotopic (exact) mass is 353 g/mol. The number of hydrogen-bond acceptors (Lipinski definition) is 4. The molecule has 3 rings (SSSR count). The molecule has 0 radical (unpaired) electrons. The van der Waals surface area contributed by atoms with Crippen LogP contribution in [0.1, 0.15) is 31.2 Å². The Hall–Kier alpha value is -1.79. The molecule has 2 saturated carbocycles. The Morgan fingerprint density at radius 2 is 1.88 bits per heavy atom. The minimum atomic E-state index is -0.612. The molecule has 0 unspecified atom stereocenters. The summed E-state index contributed by atoms with van der Waals surface area (Å²) >= 11 is 0. The largest absolute Gasteiger partial charge is 0.484 e. The van der Waals surface area contributed by atoms with E-state index < -0.39 is 5.54 Å². The van der Waals surface area contributed by atoms with Crippen molar-refractivity contribution in [1.82, 2.24) is 10.6 Å². The summed E-state index contributed by atoms with van der Waals surface area (Å²) in [5.41, 5.74) is 6.31. The molecule has 0 aliphatic heterocycles. The van der Waals surface area contributed by atoms with E-state index in [0.29, 0.717) is 18.3 Å². The molecule has 0 saturated heterocycles. The van der Waals surface area contributed by atoms with Gasteiger partial charge < -0.3 is 21.1 Å². The summed E-state index contributed by atoms with van der Waals surface area (Å²) < 4.78 is 5.45. The Bertz CT molecular complexity index is 583. The average Bonchev–Trinajstić information content (AvgIpc) is 3.45. The number of ether oxygens (including phenoxy) is 1. The van der Waals surface area contributed by atoms with Crippen LogP contribution in [0.3, 0.4) is 0 Å². The molecule has 24 heavy (non-hydrogen) atoms. The third-order valence-electron chi connectivity index (χ3n) is 4.18. The highest BCUT2D eigenvalue weighted by Gasteiger charge is 2.45. The lowest BCUT2D eigenvalue weighted by molar-refractivity contribution is -0.123. The Morgan fingerprint density at radius 3 is 2.46 bits per heavy atom. The zero-order valence-corrected chi connectivity index (χ0v) is 14.4. The zero-order valence-electron chi connectivity index (χ0n) is 13.5. The molecule has 0 atom stereocenters. The number of carbonyl (C=O) groups is 2. The second-order valence-electron chi connectivity index (χ2n) is 6.44. The molecule has 0 spiro atoms. The first kappa shape index (κ1) is 18.5. The quantitative estimate of drug-likeness (QED) is 0.647. The lowest BCUT2D eigenvalue weighted by Crippen LogP contribution is -2.43. The van der Waals surface area contributed by atoms with E-state index in [9.17, 15) is 9.59 Å². The Kier molecular flexibility index (Phi) is 6.07. The number of benzene rings is 1. The number of rotatable bonds is 8. The highest BCUT2D eigenvalue weighted by Crippen LogP contribution is 2.31. The second kappa shape index (κ2) is 7.85. The normalized spacial score (nSPS) is 17.4. The van der Waals surface area contributed by atoms with Gasteiger partial charge in [-0.15, -0.1) is 12.4 Å². The van der Waals surface area contributed by atoms with Crippen LogP contribution in [0.15, 0.2) is 24.3 Å². The average molecular weight is 354 g/mol. The van der Waals surface area contributed by atoms with Crippen molar-refractivity contribution in [3.63, 3.8) is 0 Å². The molecule has 2 aliphatic rings. The van der Waals surface area contributed by atoms with Crippen molar-refractivity contribution < 1.29 is 14.3 Å².